The predicted octanol–water partition coefficient (Wildman–Crippen LogP) is 1.44. The van der Waals surface area contributed by atoms with E-state index < -0.39 is 0 Å². The van der Waals surface area contributed by atoms with Crippen molar-refractivity contribution >= 4 is 17.8 Å². The zero-order valence-electron chi connectivity index (χ0n) is 5.19. The van der Waals surface area contributed by atoms with Gasteiger partial charge in [0.2, 0.25) is 0 Å². The van der Waals surface area contributed by atoms with Crippen molar-refractivity contribution in [2.24, 2.45) is 20.4 Å². The van der Waals surface area contributed by atoms with Crippen molar-refractivity contribution in [3.05, 3.63) is 23.9 Å². The highest BCUT2D eigenvalue weighted by Crippen LogP contribution is 2.25. The summed E-state index contributed by atoms with van der Waals surface area (Å²) in [5.41, 5.74) is 5.24. The largest absolute Gasteiger partial charge is 0.404 e. The third-order valence-corrected chi connectivity index (χ3v) is 1.54. The molecule has 0 saturated carbocycles. The van der Waals surface area contributed by atoms with E-state index in [0.29, 0.717) is 5.84 Å². The van der Waals surface area contributed by atoms with Gasteiger partial charge in [0.05, 0.1) is 4.91 Å². The molecule has 52 valence electrons. The summed E-state index contributed by atoms with van der Waals surface area (Å²) in [6, 6.07) is 0. The summed E-state index contributed by atoms with van der Waals surface area (Å²) in [6.45, 7) is 3.43. The molecule has 1 aliphatic heterocycles. The van der Waals surface area contributed by atoms with Crippen molar-refractivity contribution < 1.29 is 0 Å². The van der Waals surface area contributed by atoms with E-state index in [1.807, 2.05) is 0 Å². The maximum absolute atomic E-state index is 5.24. The topological polar surface area (TPSA) is 63.1 Å². The first-order valence-electron chi connectivity index (χ1n) is 2.57. The molecule has 2 N–H and O–H groups in total. The van der Waals surface area contributed by atoms with Crippen LogP contribution in [-0.2, 0) is 0 Å². The summed E-state index contributed by atoms with van der Waals surface area (Å²) < 4.78 is 3.65. The molecule has 5 heteroatoms. The van der Waals surface area contributed by atoms with Gasteiger partial charge in [-0.2, -0.15) is 0 Å². The molecule has 1 aliphatic rings. The third kappa shape index (κ3) is 1.24. The monoisotopic (exact) mass is 154 g/mol. The van der Waals surface area contributed by atoms with E-state index in [-0.39, 0.29) is 0 Å². The SMILES string of the molecule is C=C/N=C1/N=NS/C1=C/N. The van der Waals surface area contributed by atoms with Crippen LogP contribution in [0.15, 0.2) is 38.5 Å². The first-order valence-corrected chi connectivity index (χ1v) is 3.35. The van der Waals surface area contributed by atoms with Crippen LogP contribution in [0.2, 0.25) is 0 Å². The van der Waals surface area contributed by atoms with Crippen molar-refractivity contribution in [2.45, 2.75) is 0 Å². The maximum atomic E-state index is 5.24. The molecule has 1 rings (SSSR count). The Morgan fingerprint density at radius 2 is 2.50 bits per heavy atom. The van der Waals surface area contributed by atoms with Crippen molar-refractivity contribution in [1.29, 1.82) is 0 Å². The van der Waals surface area contributed by atoms with Crippen molar-refractivity contribution in [3.8, 4) is 0 Å². The molecule has 0 aromatic carbocycles. The molecule has 4 nitrogen and oxygen atoms in total. The fourth-order valence-corrected chi connectivity index (χ4v) is 0.916. The molecule has 0 atom stereocenters. The minimum absolute atomic E-state index is 0.530. The number of hydrogen-bond acceptors (Lipinski definition) is 4. The van der Waals surface area contributed by atoms with Gasteiger partial charge < -0.3 is 5.73 Å². The number of aliphatic imine (C=N–C) groups is 1. The highest BCUT2D eigenvalue weighted by atomic mass is 32.2. The van der Waals surface area contributed by atoms with E-state index in [1.165, 1.54) is 24.3 Å². The molecule has 0 spiro atoms. The van der Waals surface area contributed by atoms with E-state index in [1.54, 1.807) is 0 Å². The predicted molar refractivity (Wildman–Crippen MR) is 42.3 cm³/mol. The van der Waals surface area contributed by atoms with Gasteiger partial charge in [-0.25, -0.2) is 4.99 Å². The van der Waals surface area contributed by atoms with Crippen molar-refractivity contribution in [2.75, 3.05) is 0 Å². The fraction of sp³-hybridized carbons (Fsp3) is 0. The number of nitrogens with two attached hydrogens (primary N) is 1. The van der Waals surface area contributed by atoms with Gasteiger partial charge in [0.15, 0.2) is 5.84 Å². The van der Waals surface area contributed by atoms with Gasteiger partial charge >= 0.3 is 0 Å². The van der Waals surface area contributed by atoms with Crippen molar-refractivity contribution in [1.82, 2.24) is 0 Å². The lowest BCUT2D eigenvalue weighted by atomic mass is 10.5. The van der Waals surface area contributed by atoms with Gasteiger partial charge in [-0.3, -0.25) is 0 Å². The Morgan fingerprint density at radius 1 is 1.70 bits per heavy atom. The summed E-state index contributed by atoms with van der Waals surface area (Å²) >= 11 is 1.21. The van der Waals surface area contributed by atoms with Crippen LogP contribution < -0.4 is 5.73 Å². The number of rotatable bonds is 1. The molecule has 0 radical (unpaired) electrons. The van der Waals surface area contributed by atoms with Crippen LogP contribution in [0.1, 0.15) is 0 Å². The van der Waals surface area contributed by atoms with E-state index in [4.69, 9.17) is 5.73 Å². The smallest absolute Gasteiger partial charge is 0.192 e. The average Bonchev–Trinajstić information content (AvgIpc) is 2.36. The first-order chi connectivity index (χ1) is 4.88. The van der Waals surface area contributed by atoms with Crippen LogP contribution in [0, 0.1) is 0 Å². The van der Waals surface area contributed by atoms with Gasteiger partial charge in [-0.1, -0.05) is 6.58 Å². The lowest BCUT2D eigenvalue weighted by Crippen LogP contribution is -1.92. The molecule has 0 saturated heterocycles. The first kappa shape index (κ1) is 7.01. The summed E-state index contributed by atoms with van der Waals surface area (Å²) in [6.07, 6.45) is 2.83. The lowest BCUT2D eigenvalue weighted by Gasteiger charge is -1.87. The number of amidine groups is 1. The molecule has 0 bridgehead atoms. The second kappa shape index (κ2) is 3.17. The van der Waals surface area contributed by atoms with Crippen LogP contribution in [0.3, 0.4) is 0 Å². The van der Waals surface area contributed by atoms with Crippen LogP contribution in [0.5, 0.6) is 0 Å². The summed E-state index contributed by atoms with van der Waals surface area (Å²) in [4.78, 5) is 4.59. The number of hydrogen-bond donors (Lipinski definition) is 1. The zero-order chi connectivity index (χ0) is 7.40. The molecule has 0 aromatic heterocycles. The molecule has 0 aromatic rings. The van der Waals surface area contributed by atoms with E-state index in [2.05, 4.69) is 21.2 Å². The Kier molecular flexibility index (Phi) is 2.22. The Morgan fingerprint density at radius 3 is 3.10 bits per heavy atom. The minimum atomic E-state index is 0.530. The Hall–Kier alpha value is -1.10. The van der Waals surface area contributed by atoms with Crippen LogP contribution in [0.4, 0.5) is 0 Å². The molecule has 1 heterocycles. The Bertz CT molecular complexity index is 228. The molecule has 0 unspecified atom stereocenters. The van der Waals surface area contributed by atoms with Crippen LogP contribution in [-0.4, -0.2) is 5.84 Å². The molecular weight excluding hydrogens is 148 g/mol. The van der Waals surface area contributed by atoms with Gasteiger partial charge in [-0.15, -0.1) is 9.63 Å². The lowest BCUT2D eigenvalue weighted by molar-refractivity contribution is 1.40. The Labute approximate surface area is 62.8 Å². The van der Waals surface area contributed by atoms with E-state index >= 15 is 0 Å². The summed E-state index contributed by atoms with van der Waals surface area (Å²) in [5, 5.41) is 3.70. The second-order valence-corrected chi connectivity index (χ2v) is 2.22. The standard InChI is InChI=1S/C5H6N4S/c1-2-7-5-4(3-6)10-9-8-5/h2-3H,1,6H2/b4-3+,7-5+. The highest BCUT2D eigenvalue weighted by molar-refractivity contribution is 8.03. The average molecular weight is 154 g/mol. The Balaban J connectivity index is 2.86. The quantitative estimate of drug-likeness (QED) is 0.581. The molecule has 10 heavy (non-hydrogen) atoms. The molecule has 0 fully saturated rings. The van der Waals surface area contributed by atoms with Gasteiger partial charge in [-0.05, 0) is 0 Å². The molecule has 0 aliphatic carbocycles. The van der Waals surface area contributed by atoms with Crippen LogP contribution >= 0.6 is 11.9 Å². The minimum Gasteiger partial charge on any atom is -0.404 e. The number of nitrogens with zero attached hydrogens (tertiary/aromatic N) is 3. The van der Waals surface area contributed by atoms with Crippen molar-refractivity contribution in [3.63, 3.8) is 0 Å². The van der Waals surface area contributed by atoms with Gasteiger partial charge in [0.1, 0.15) is 0 Å². The zero-order valence-corrected chi connectivity index (χ0v) is 6.01. The summed E-state index contributed by atoms with van der Waals surface area (Å²) in [7, 11) is 0. The van der Waals surface area contributed by atoms with Gasteiger partial charge in [0.25, 0.3) is 0 Å². The maximum Gasteiger partial charge on any atom is 0.192 e. The highest BCUT2D eigenvalue weighted by Gasteiger charge is 2.11. The van der Waals surface area contributed by atoms with Crippen LogP contribution in [0.25, 0.3) is 0 Å². The van der Waals surface area contributed by atoms with E-state index in [9.17, 15) is 0 Å². The van der Waals surface area contributed by atoms with Gasteiger partial charge in [0, 0.05) is 24.3 Å². The second-order valence-electron chi connectivity index (χ2n) is 1.44. The summed E-state index contributed by atoms with van der Waals surface area (Å²) in [5.74, 6) is 0.530. The normalized spacial score (nSPS) is 24.4. The fourth-order valence-electron chi connectivity index (χ4n) is 0.474. The third-order valence-electron chi connectivity index (χ3n) is 0.860. The molecule has 0 amide bonds. The van der Waals surface area contributed by atoms with E-state index in [0.717, 1.165) is 4.91 Å². The molecular formula is C5H6N4S.